The second kappa shape index (κ2) is 9.55. The van der Waals surface area contributed by atoms with E-state index in [1.165, 1.54) is 4.57 Å². The van der Waals surface area contributed by atoms with E-state index in [-0.39, 0.29) is 16.9 Å². The second-order valence-corrected chi connectivity index (χ2v) is 10.2. The summed E-state index contributed by atoms with van der Waals surface area (Å²) in [6.45, 7) is 0.714. The quantitative estimate of drug-likeness (QED) is 0.432. The highest BCUT2D eigenvalue weighted by Crippen LogP contribution is 2.47. The van der Waals surface area contributed by atoms with E-state index in [0.717, 1.165) is 18.4 Å². The van der Waals surface area contributed by atoms with Crippen LogP contribution in [0.2, 0.25) is 0 Å². The van der Waals surface area contributed by atoms with Crippen LogP contribution in [0.5, 0.6) is 5.88 Å². The fourth-order valence-corrected chi connectivity index (χ4v) is 4.76. The van der Waals surface area contributed by atoms with Gasteiger partial charge in [0.1, 0.15) is 17.7 Å². The van der Waals surface area contributed by atoms with Crippen molar-refractivity contribution < 1.29 is 9.53 Å². The SMILES string of the molecule is CNSC1(COc2ncc(Br)c3cc(C(=O)NCc4ccc(C#N)cc4)c(=O)n(C)c23)CC1. The number of benzene rings is 1. The molecule has 33 heavy (non-hydrogen) atoms. The van der Waals surface area contributed by atoms with Gasteiger partial charge in [-0.25, -0.2) is 4.98 Å². The van der Waals surface area contributed by atoms with Crippen LogP contribution in [0.1, 0.15) is 34.3 Å². The zero-order valence-corrected chi connectivity index (χ0v) is 20.5. The maximum absolute atomic E-state index is 13.1. The molecule has 0 unspecified atom stereocenters. The van der Waals surface area contributed by atoms with Crippen molar-refractivity contribution in [2.24, 2.45) is 7.05 Å². The number of rotatable bonds is 8. The normalized spacial score (nSPS) is 14.0. The molecule has 0 spiro atoms. The van der Waals surface area contributed by atoms with Gasteiger partial charge >= 0.3 is 0 Å². The van der Waals surface area contributed by atoms with Crippen molar-refractivity contribution in [2.45, 2.75) is 24.1 Å². The lowest BCUT2D eigenvalue weighted by Gasteiger charge is -2.17. The summed E-state index contributed by atoms with van der Waals surface area (Å²) in [5.74, 6) is -0.115. The van der Waals surface area contributed by atoms with Crippen LogP contribution in [0.15, 0.2) is 45.8 Å². The van der Waals surface area contributed by atoms with E-state index < -0.39 is 11.5 Å². The van der Waals surface area contributed by atoms with Gasteiger partial charge in [-0.2, -0.15) is 5.26 Å². The monoisotopic (exact) mass is 527 g/mol. The average molecular weight is 528 g/mol. The molecule has 8 nitrogen and oxygen atoms in total. The van der Waals surface area contributed by atoms with Crippen LogP contribution in [0, 0.1) is 11.3 Å². The summed E-state index contributed by atoms with van der Waals surface area (Å²) in [6, 6.07) is 10.5. The maximum Gasteiger partial charge on any atom is 0.263 e. The van der Waals surface area contributed by atoms with Gasteiger partial charge in [0, 0.05) is 29.6 Å². The molecule has 2 N–H and O–H groups in total. The fraction of sp³-hybridized carbons (Fsp3) is 0.304. The number of aryl methyl sites for hydroxylation is 1. The Morgan fingerprint density at radius 1 is 1.36 bits per heavy atom. The lowest BCUT2D eigenvalue weighted by atomic mass is 10.1. The van der Waals surface area contributed by atoms with Crippen molar-refractivity contribution in [1.82, 2.24) is 19.6 Å². The molecule has 0 atom stereocenters. The highest BCUT2D eigenvalue weighted by atomic mass is 79.9. The summed E-state index contributed by atoms with van der Waals surface area (Å²) in [5, 5.41) is 12.3. The van der Waals surface area contributed by atoms with E-state index in [1.54, 1.807) is 55.5 Å². The van der Waals surface area contributed by atoms with Crippen LogP contribution >= 0.6 is 27.9 Å². The molecule has 2 aromatic heterocycles. The summed E-state index contributed by atoms with van der Waals surface area (Å²) < 4.78 is 11.3. The smallest absolute Gasteiger partial charge is 0.263 e. The van der Waals surface area contributed by atoms with Crippen LogP contribution in [0.25, 0.3) is 10.9 Å². The van der Waals surface area contributed by atoms with Crippen molar-refractivity contribution in [2.75, 3.05) is 13.7 Å². The van der Waals surface area contributed by atoms with E-state index in [1.807, 2.05) is 7.05 Å². The highest BCUT2D eigenvalue weighted by molar-refractivity contribution is 9.10. The molecule has 0 aliphatic heterocycles. The number of fused-ring (bicyclic) bond motifs is 1. The fourth-order valence-electron chi connectivity index (χ4n) is 3.50. The third kappa shape index (κ3) is 4.90. The van der Waals surface area contributed by atoms with Gasteiger partial charge in [-0.15, -0.1) is 0 Å². The first kappa shape index (κ1) is 23.3. The molecule has 0 bridgehead atoms. The molecule has 0 saturated heterocycles. The number of hydrogen-bond donors (Lipinski definition) is 2. The molecule has 10 heteroatoms. The number of hydrogen-bond acceptors (Lipinski definition) is 7. The number of halogens is 1. The van der Waals surface area contributed by atoms with Crippen LogP contribution < -0.4 is 20.3 Å². The Kier molecular flexibility index (Phi) is 6.74. The number of carbonyl (C=O) groups excluding carboxylic acids is 1. The summed E-state index contributed by atoms with van der Waals surface area (Å²) in [6.07, 6.45) is 3.72. The van der Waals surface area contributed by atoms with Gasteiger partial charge in [0.2, 0.25) is 5.88 Å². The predicted octanol–water partition coefficient (Wildman–Crippen LogP) is 3.28. The number of pyridine rings is 2. The van der Waals surface area contributed by atoms with Gasteiger partial charge in [0.15, 0.2) is 0 Å². The Bertz CT molecular complexity index is 1310. The first-order chi connectivity index (χ1) is 15.9. The van der Waals surface area contributed by atoms with Crippen LogP contribution in [0.3, 0.4) is 0 Å². The molecule has 1 amide bonds. The minimum atomic E-state index is -0.476. The first-order valence-electron chi connectivity index (χ1n) is 10.3. The van der Waals surface area contributed by atoms with Gasteiger partial charge in [-0.05, 0) is 59.6 Å². The number of aromatic nitrogens is 2. The molecule has 2 heterocycles. The van der Waals surface area contributed by atoms with E-state index in [2.05, 4.69) is 37.0 Å². The van der Waals surface area contributed by atoms with Crippen LogP contribution in [-0.4, -0.2) is 33.9 Å². The minimum Gasteiger partial charge on any atom is -0.475 e. The van der Waals surface area contributed by atoms with E-state index in [9.17, 15) is 9.59 Å². The predicted molar refractivity (Wildman–Crippen MR) is 131 cm³/mol. The Hall–Kier alpha value is -2.87. The molecular formula is C23H22BrN5O3S. The van der Waals surface area contributed by atoms with Crippen molar-refractivity contribution in [3.63, 3.8) is 0 Å². The van der Waals surface area contributed by atoms with Crippen LogP contribution in [0.4, 0.5) is 0 Å². The molecule has 1 saturated carbocycles. The number of nitrogens with one attached hydrogen (secondary N) is 2. The Morgan fingerprint density at radius 2 is 2.09 bits per heavy atom. The zero-order chi connectivity index (χ0) is 23.6. The van der Waals surface area contributed by atoms with Gasteiger partial charge < -0.3 is 14.6 Å². The topological polar surface area (TPSA) is 109 Å². The Labute approximate surface area is 203 Å². The van der Waals surface area contributed by atoms with E-state index >= 15 is 0 Å². The van der Waals surface area contributed by atoms with Gasteiger partial charge in [0.25, 0.3) is 11.5 Å². The van der Waals surface area contributed by atoms with Gasteiger partial charge in [0.05, 0.1) is 16.4 Å². The number of carbonyl (C=O) groups is 1. The molecule has 3 aromatic rings. The highest BCUT2D eigenvalue weighted by Gasteiger charge is 2.44. The Morgan fingerprint density at radius 3 is 2.73 bits per heavy atom. The lowest BCUT2D eigenvalue weighted by molar-refractivity contribution is 0.0949. The summed E-state index contributed by atoms with van der Waals surface area (Å²) in [5.41, 5.74) is 1.50. The van der Waals surface area contributed by atoms with Crippen molar-refractivity contribution in [3.8, 4) is 11.9 Å². The number of ether oxygens (including phenoxy) is 1. The molecule has 1 aromatic carbocycles. The summed E-state index contributed by atoms with van der Waals surface area (Å²) in [4.78, 5) is 30.3. The second-order valence-electron chi connectivity index (χ2n) is 7.87. The van der Waals surface area contributed by atoms with Crippen molar-refractivity contribution in [3.05, 3.63) is 68.0 Å². The molecule has 1 fully saturated rings. The molecule has 1 aliphatic rings. The summed E-state index contributed by atoms with van der Waals surface area (Å²) in [7, 11) is 3.49. The standard InChI is InChI=1S/C23H22BrN5O3S/c1-26-33-23(7-8-23)13-32-21-19-16(18(24)12-28-21)9-17(22(31)29(19)2)20(30)27-11-15-5-3-14(10-25)4-6-15/h3-6,9,12,26H,7-8,11,13H2,1-2H3,(H,27,30). The molecule has 170 valence electrons. The number of amides is 1. The van der Waals surface area contributed by atoms with E-state index in [4.69, 9.17) is 10.00 Å². The van der Waals surface area contributed by atoms with Crippen LogP contribution in [-0.2, 0) is 13.6 Å². The van der Waals surface area contributed by atoms with Gasteiger partial charge in [-0.1, -0.05) is 24.1 Å². The molecule has 1 aliphatic carbocycles. The maximum atomic E-state index is 13.1. The zero-order valence-electron chi connectivity index (χ0n) is 18.1. The third-order valence-electron chi connectivity index (χ3n) is 5.55. The van der Waals surface area contributed by atoms with Crippen molar-refractivity contribution in [1.29, 1.82) is 5.26 Å². The molecule has 0 radical (unpaired) electrons. The minimum absolute atomic E-state index is 0.0277. The average Bonchev–Trinajstić information content (AvgIpc) is 3.59. The lowest BCUT2D eigenvalue weighted by Crippen LogP contribution is -2.32. The summed E-state index contributed by atoms with van der Waals surface area (Å²) >= 11 is 5.13. The largest absolute Gasteiger partial charge is 0.475 e. The number of nitrogens with zero attached hydrogens (tertiary/aromatic N) is 3. The molecule has 4 rings (SSSR count). The first-order valence-corrected chi connectivity index (χ1v) is 11.9. The van der Waals surface area contributed by atoms with Crippen molar-refractivity contribution >= 4 is 44.7 Å². The van der Waals surface area contributed by atoms with Gasteiger partial charge in [-0.3, -0.25) is 14.3 Å². The Balaban J connectivity index is 1.60. The third-order valence-corrected chi connectivity index (χ3v) is 7.34. The van der Waals surface area contributed by atoms with E-state index in [0.29, 0.717) is 33.4 Å². The number of nitriles is 1. The molecular weight excluding hydrogens is 506 g/mol.